The van der Waals surface area contributed by atoms with Gasteiger partial charge in [-0.05, 0) is 32.6 Å². The molecule has 2 aliphatic heterocycles. The second-order valence-electron chi connectivity index (χ2n) is 8.72. The number of ether oxygens (including phenoxy) is 1. The van der Waals surface area contributed by atoms with Crippen LogP contribution in [0.4, 0.5) is 0 Å². The average molecular weight is 416 g/mol. The number of amides is 2. The van der Waals surface area contributed by atoms with Gasteiger partial charge in [0.2, 0.25) is 11.8 Å². The second kappa shape index (κ2) is 9.39. The summed E-state index contributed by atoms with van der Waals surface area (Å²) in [6, 6.07) is 0.575. The lowest BCUT2D eigenvalue weighted by Crippen LogP contribution is -2.37. The highest BCUT2D eigenvalue weighted by molar-refractivity contribution is 5.77. The topological polar surface area (TPSA) is 87.7 Å². The van der Waals surface area contributed by atoms with Crippen molar-refractivity contribution in [2.45, 2.75) is 64.3 Å². The lowest BCUT2D eigenvalue weighted by atomic mass is 9.84. The van der Waals surface area contributed by atoms with Gasteiger partial charge < -0.3 is 15.0 Å². The molecule has 2 amide bonds. The summed E-state index contributed by atoms with van der Waals surface area (Å²) < 4.78 is 6.15. The summed E-state index contributed by atoms with van der Waals surface area (Å²) in [5, 5.41) is 3.12. The van der Waals surface area contributed by atoms with Crippen molar-refractivity contribution < 1.29 is 14.3 Å². The zero-order chi connectivity index (χ0) is 21.1. The SMILES string of the molecule is CCN(CC)C(=O)C[C@@H]1OC[C@@H]2[C@H]1[C@H](CC(=O)NC1CC1)CN2Cc1cnccn1. The maximum atomic E-state index is 12.7. The minimum absolute atomic E-state index is 0.128. The Morgan fingerprint density at radius 2 is 2.03 bits per heavy atom. The minimum Gasteiger partial charge on any atom is -0.376 e. The smallest absolute Gasteiger partial charge is 0.225 e. The van der Waals surface area contributed by atoms with E-state index in [9.17, 15) is 9.59 Å². The first-order valence-electron chi connectivity index (χ1n) is 11.3. The van der Waals surface area contributed by atoms with Gasteiger partial charge in [-0.1, -0.05) is 0 Å². The number of nitrogens with one attached hydrogen (secondary N) is 1. The molecule has 8 nitrogen and oxygen atoms in total. The Bertz CT molecular complexity index is 738. The number of hydrogen-bond donors (Lipinski definition) is 1. The quantitative estimate of drug-likeness (QED) is 0.653. The van der Waals surface area contributed by atoms with E-state index >= 15 is 0 Å². The van der Waals surface area contributed by atoms with Crippen LogP contribution in [0.5, 0.6) is 0 Å². The Hall–Kier alpha value is -2.06. The molecule has 4 atom stereocenters. The zero-order valence-corrected chi connectivity index (χ0v) is 18.0. The molecule has 164 valence electrons. The van der Waals surface area contributed by atoms with E-state index in [0.717, 1.165) is 25.1 Å². The van der Waals surface area contributed by atoms with E-state index in [4.69, 9.17) is 4.74 Å². The highest BCUT2D eigenvalue weighted by atomic mass is 16.5. The number of fused-ring (bicyclic) bond motifs is 1. The molecule has 1 aromatic rings. The third kappa shape index (κ3) is 4.81. The normalized spacial score (nSPS) is 28.3. The molecule has 3 fully saturated rings. The van der Waals surface area contributed by atoms with Crippen molar-refractivity contribution in [2.75, 3.05) is 26.2 Å². The van der Waals surface area contributed by atoms with Gasteiger partial charge in [0.25, 0.3) is 0 Å². The Labute approximate surface area is 178 Å². The van der Waals surface area contributed by atoms with Gasteiger partial charge >= 0.3 is 0 Å². The number of likely N-dealkylation sites (tertiary alicyclic amines) is 1. The second-order valence-corrected chi connectivity index (χ2v) is 8.72. The van der Waals surface area contributed by atoms with Crippen molar-refractivity contribution >= 4 is 11.8 Å². The molecule has 0 aromatic carbocycles. The van der Waals surface area contributed by atoms with Crippen LogP contribution >= 0.6 is 0 Å². The van der Waals surface area contributed by atoms with E-state index < -0.39 is 0 Å². The number of carbonyl (C=O) groups is 2. The van der Waals surface area contributed by atoms with Crippen LogP contribution in [0.15, 0.2) is 18.6 Å². The van der Waals surface area contributed by atoms with Crippen molar-refractivity contribution in [1.82, 2.24) is 25.1 Å². The van der Waals surface area contributed by atoms with E-state index in [1.807, 2.05) is 18.7 Å². The monoisotopic (exact) mass is 415 g/mol. The van der Waals surface area contributed by atoms with Crippen molar-refractivity contribution in [1.29, 1.82) is 0 Å². The van der Waals surface area contributed by atoms with Gasteiger partial charge in [-0.3, -0.25) is 24.5 Å². The fraction of sp³-hybridized carbons (Fsp3) is 0.727. The molecule has 1 N–H and O–H groups in total. The Balaban J connectivity index is 1.46. The van der Waals surface area contributed by atoms with Crippen molar-refractivity contribution in [3.05, 3.63) is 24.3 Å². The van der Waals surface area contributed by atoms with Crippen molar-refractivity contribution in [3.63, 3.8) is 0 Å². The molecule has 1 aliphatic carbocycles. The van der Waals surface area contributed by atoms with Crippen LogP contribution in [0, 0.1) is 11.8 Å². The van der Waals surface area contributed by atoms with Crippen LogP contribution in [0.2, 0.25) is 0 Å². The lowest BCUT2D eigenvalue weighted by molar-refractivity contribution is -0.133. The average Bonchev–Trinajstić information content (AvgIpc) is 3.35. The van der Waals surface area contributed by atoms with Crippen LogP contribution in [-0.4, -0.2) is 76.0 Å². The Morgan fingerprint density at radius 3 is 2.70 bits per heavy atom. The molecule has 30 heavy (non-hydrogen) atoms. The predicted octanol–water partition coefficient (Wildman–Crippen LogP) is 1.22. The molecule has 3 aliphatic rings. The number of rotatable bonds is 9. The fourth-order valence-corrected chi connectivity index (χ4v) is 5.04. The fourth-order valence-electron chi connectivity index (χ4n) is 5.04. The molecule has 0 unspecified atom stereocenters. The standard InChI is InChI=1S/C22H33N5O3/c1-3-26(4-2)21(29)10-19-22-15(9-20(28)25-16-5-6-16)12-27(18(22)14-30-19)13-17-11-23-7-8-24-17/h7-8,11,15-16,18-19,22H,3-6,9-10,12-14H2,1-2H3,(H,25,28)/t15-,18-,19+,22-/m1/s1. The van der Waals surface area contributed by atoms with Crippen LogP contribution in [-0.2, 0) is 20.9 Å². The predicted molar refractivity (Wildman–Crippen MR) is 111 cm³/mol. The highest BCUT2D eigenvalue weighted by Gasteiger charge is 2.51. The van der Waals surface area contributed by atoms with Crippen LogP contribution in [0.25, 0.3) is 0 Å². The largest absolute Gasteiger partial charge is 0.376 e. The molecule has 0 bridgehead atoms. The number of hydrogen-bond acceptors (Lipinski definition) is 6. The zero-order valence-electron chi connectivity index (χ0n) is 18.0. The highest BCUT2D eigenvalue weighted by Crippen LogP contribution is 2.42. The maximum absolute atomic E-state index is 12.7. The van der Waals surface area contributed by atoms with Gasteiger partial charge in [0.15, 0.2) is 0 Å². The van der Waals surface area contributed by atoms with E-state index in [0.29, 0.717) is 45.1 Å². The molecule has 1 saturated carbocycles. The summed E-state index contributed by atoms with van der Waals surface area (Å²) in [5.74, 6) is 0.635. The number of aromatic nitrogens is 2. The summed E-state index contributed by atoms with van der Waals surface area (Å²) in [4.78, 5) is 38.1. The molecule has 0 spiro atoms. The molecule has 2 saturated heterocycles. The van der Waals surface area contributed by atoms with Crippen molar-refractivity contribution in [2.24, 2.45) is 11.8 Å². The van der Waals surface area contributed by atoms with Crippen LogP contribution in [0.1, 0.15) is 45.2 Å². The lowest BCUT2D eigenvalue weighted by Gasteiger charge is -2.26. The molecular formula is C22H33N5O3. The van der Waals surface area contributed by atoms with Crippen LogP contribution < -0.4 is 5.32 Å². The van der Waals surface area contributed by atoms with Gasteiger partial charge in [-0.2, -0.15) is 0 Å². The van der Waals surface area contributed by atoms with Gasteiger partial charge in [0.1, 0.15) is 0 Å². The van der Waals surface area contributed by atoms with E-state index in [1.54, 1.807) is 18.6 Å². The van der Waals surface area contributed by atoms with Gasteiger partial charge in [-0.15, -0.1) is 0 Å². The summed E-state index contributed by atoms with van der Waals surface area (Å²) in [6.07, 6.45) is 8.11. The summed E-state index contributed by atoms with van der Waals surface area (Å²) in [5.41, 5.74) is 0.919. The molecule has 4 rings (SSSR count). The maximum Gasteiger partial charge on any atom is 0.225 e. The van der Waals surface area contributed by atoms with E-state index in [1.165, 1.54) is 0 Å². The van der Waals surface area contributed by atoms with Crippen molar-refractivity contribution in [3.8, 4) is 0 Å². The van der Waals surface area contributed by atoms with Gasteiger partial charge in [0.05, 0.1) is 24.8 Å². The molecule has 8 heteroatoms. The molecule has 1 aromatic heterocycles. The van der Waals surface area contributed by atoms with E-state index in [-0.39, 0.29) is 35.8 Å². The van der Waals surface area contributed by atoms with Gasteiger partial charge in [-0.25, -0.2) is 0 Å². The summed E-state index contributed by atoms with van der Waals surface area (Å²) in [7, 11) is 0. The minimum atomic E-state index is -0.131. The number of nitrogens with zero attached hydrogens (tertiary/aromatic N) is 4. The first-order chi connectivity index (χ1) is 14.6. The third-order valence-electron chi connectivity index (χ3n) is 6.70. The third-order valence-corrected chi connectivity index (χ3v) is 6.70. The first-order valence-corrected chi connectivity index (χ1v) is 11.3. The molecular weight excluding hydrogens is 382 g/mol. The Morgan fingerprint density at radius 1 is 1.23 bits per heavy atom. The van der Waals surface area contributed by atoms with E-state index in [2.05, 4.69) is 20.2 Å². The van der Waals surface area contributed by atoms with Crippen LogP contribution in [0.3, 0.4) is 0 Å². The Kier molecular flexibility index (Phi) is 6.63. The van der Waals surface area contributed by atoms with Gasteiger partial charge in [0, 0.05) is 69.2 Å². The summed E-state index contributed by atoms with van der Waals surface area (Å²) in [6.45, 7) is 7.54. The summed E-state index contributed by atoms with van der Waals surface area (Å²) >= 11 is 0. The molecule has 0 radical (unpaired) electrons. The first kappa shape index (κ1) is 21.2. The number of carbonyl (C=O) groups excluding carboxylic acids is 2. The molecule has 3 heterocycles.